The number of hydrogen-bond donors (Lipinski definition) is 1. The SMILES string of the molecule is CN(C)C(CNC(=O)c1cc(Cl)sc1Cl)c1ccc(F)cc1. The smallest absolute Gasteiger partial charge is 0.253 e. The van der Waals surface area contributed by atoms with Crippen molar-refractivity contribution in [2.45, 2.75) is 6.04 Å². The first kappa shape index (κ1) is 17.2. The fourth-order valence-electron chi connectivity index (χ4n) is 2.06. The molecule has 1 amide bonds. The lowest BCUT2D eigenvalue weighted by molar-refractivity contribution is 0.0942. The largest absolute Gasteiger partial charge is 0.350 e. The summed E-state index contributed by atoms with van der Waals surface area (Å²) in [6.45, 7) is 0.376. The highest BCUT2D eigenvalue weighted by molar-refractivity contribution is 7.20. The van der Waals surface area contributed by atoms with Gasteiger partial charge in [0.15, 0.2) is 0 Å². The van der Waals surface area contributed by atoms with Crippen LogP contribution >= 0.6 is 34.5 Å². The highest BCUT2D eigenvalue weighted by Gasteiger charge is 2.18. The molecule has 1 aromatic heterocycles. The summed E-state index contributed by atoms with van der Waals surface area (Å²) in [6, 6.07) is 7.71. The third-order valence-electron chi connectivity index (χ3n) is 3.24. The van der Waals surface area contributed by atoms with E-state index >= 15 is 0 Å². The minimum Gasteiger partial charge on any atom is -0.350 e. The Morgan fingerprint density at radius 3 is 2.45 bits per heavy atom. The van der Waals surface area contributed by atoms with Crippen molar-refractivity contribution < 1.29 is 9.18 Å². The van der Waals surface area contributed by atoms with E-state index in [4.69, 9.17) is 23.2 Å². The molecule has 1 aromatic carbocycles. The number of hydrogen-bond acceptors (Lipinski definition) is 3. The number of carbonyl (C=O) groups is 1. The fourth-order valence-corrected chi connectivity index (χ4v) is 3.52. The van der Waals surface area contributed by atoms with Crippen molar-refractivity contribution in [1.82, 2.24) is 10.2 Å². The van der Waals surface area contributed by atoms with Gasteiger partial charge in [0.1, 0.15) is 10.2 Å². The van der Waals surface area contributed by atoms with Gasteiger partial charge in [0, 0.05) is 6.54 Å². The number of thiophene rings is 1. The standard InChI is InChI=1S/C15H15Cl2FN2OS/c1-20(2)12(9-3-5-10(18)6-4-9)8-19-15(21)11-7-13(16)22-14(11)17/h3-7,12H,8H2,1-2H3,(H,19,21). The maximum absolute atomic E-state index is 13.0. The molecule has 0 radical (unpaired) electrons. The van der Waals surface area contributed by atoms with Crippen molar-refractivity contribution in [3.05, 3.63) is 55.9 Å². The van der Waals surface area contributed by atoms with Gasteiger partial charge in [0.05, 0.1) is 15.9 Å². The quantitative estimate of drug-likeness (QED) is 0.865. The van der Waals surface area contributed by atoms with Gasteiger partial charge in [-0.05, 0) is 37.9 Å². The highest BCUT2D eigenvalue weighted by atomic mass is 35.5. The number of benzene rings is 1. The minimum absolute atomic E-state index is 0.0718. The van der Waals surface area contributed by atoms with Gasteiger partial charge < -0.3 is 10.2 Å². The molecule has 0 fully saturated rings. The van der Waals surface area contributed by atoms with Crippen LogP contribution in [0.25, 0.3) is 0 Å². The number of rotatable bonds is 5. The lowest BCUT2D eigenvalue weighted by atomic mass is 10.1. The van der Waals surface area contributed by atoms with Gasteiger partial charge in [-0.15, -0.1) is 11.3 Å². The van der Waals surface area contributed by atoms with E-state index in [0.29, 0.717) is 20.8 Å². The van der Waals surface area contributed by atoms with Gasteiger partial charge in [-0.2, -0.15) is 0 Å². The van der Waals surface area contributed by atoms with Crippen molar-refractivity contribution in [3.63, 3.8) is 0 Å². The molecule has 22 heavy (non-hydrogen) atoms. The first-order valence-electron chi connectivity index (χ1n) is 6.53. The first-order valence-corrected chi connectivity index (χ1v) is 8.10. The van der Waals surface area contributed by atoms with Crippen LogP contribution in [0, 0.1) is 5.82 Å². The molecule has 0 aliphatic carbocycles. The number of amides is 1. The van der Waals surface area contributed by atoms with Gasteiger partial charge in [-0.3, -0.25) is 4.79 Å². The monoisotopic (exact) mass is 360 g/mol. The lowest BCUT2D eigenvalue weighted by Gasteiger charge is -2.25. The van der Waals surface area contributed by atoms with E-state index in [1.165, 1.54) is 12.1 Å². The second kappa shape index (κ2) is 7.42. The third-order valence-corrected chi connectivity index (χ3v) is 4.72. The predicted octanol–water partition coefficient (Wildman–Crippen LogP) is 4.23. The molecule has 1 heterocycles. The summed E-state index contributed by atoms with van der Waals surface area (Å²) in [7, 11) is 3.79. The zero-order valence-electron chi connectivity index (χ0n) is 12.1. The first-order chi connectivity index (χ1) is 10.4. The summed E-state index contributed by atoms with van der Waals surface area (Å²) in [6.07, 6.45) is 0. The van der Waals surface area contributed by atoms with Crippen LogP contribution in [-0.2, 0) is 0 Å². The molecule has 3 nitrogen and oxygen atoms in total. The zero-order valence-corrected chi connectivity index (χ0v) is 14.4. The van der Waals surface area contributed by atoms with Crippen LogP contribution in [0.1, 0.15) is 22.0 Å². The second-order valence-corrected chi connectivity index (χ2v) is 7.26. The Balaban J connectivity index is 2.07. The van der Waals surface area contributed by atoms with Gasteiger partial charge in [-0.25, -0.2) is 4.39 Å². The van der Waals surface area contributed by atoms with E-state index in [-0.39, 0.29) is 17.8 Å². The average Bonchev–Trinajstić information content (AvgIpc) is 2.79. The summed E-state index contributed by atoms with van der Waals surface area (Å²) >= 11 is 13.0. The van der Waals surface area contributed by atoms with Gasteiger partial charge >= 0.3 is 0 Å². The summed E-state index contributed by atoms with van der Waals surface area (Å²) in [4.78, 5) is 14.1. The molecule has 0 spiro atoms. The molecule has 118 valence electrons. The van der Waals surface area contributed by atoms with Gasteiger partial charge in [0.25, 0.3) is 5.91 Å². The van der Waals surface area contributed by atoms with Crippen LogP contribution in [-0.4, -0.2) is 31.4 Å². The molecule has 0 aliphatic rings. The van der Waals surface area contributed by atoms with Crippen LogP contribution < -0.4 is 5.32 Å². The Morgan fingerprint density at radius 1 is 1.32 bits per heavy atom. The second-order valence-electron chi connectivity index (χ2n) is 4.98. The minimum atomic E-state index is -0.287. The molecular weight excluding hydrogens is 346 g/mol. The Morgan fingerprint density at radius 2 is 1.95 bits per heavy atom. The van der Waals surface area contributed by atoms with E-state index in [1.54, 1.807) is 18.2 Å². The molecule has 0 saturated carbocycles. The van der Waals surface area contributed by atoms with Crippen LogP contribution in [0.2, 0.25) is 8.67 Å². The van der Waals surface area contributed by atoms with E-state index < -0.39 is 0 Å². The Hall–Kier alpha value is -1.14. The van der Waals surface area contributed by atoms with Crippen LogP contribution in [0.3, 0.4) is 0 Å². The Bertz CT molecular complexity index is 658. The topological polar surface area (TPSA) is 32.3 Å². The maximum atomic E-state index is 13.0. The number of carbonyl (C=O) groups excluding carboxylic acids is 1. The fraction of sp³-hybridized carbons (Fsp3) is 0.267. The van der Waals surface area contributed by atoms with Crippen LogP contribution in [0.4, 0.5) is 4.39 Å². The van der Waals surface area contributed by atoms with Crippen molar-refractivity contribution in [3.8, 4) is 0 Å². The molecule has 0 saturated heterocycles. The molecule has 2 rings (SSSR count). The van der Waals surface area contributed by atoms with Crippen molar-refractivity contribution in [2.75, 3.05) is 20.6 Å². The number of halogens is 3. The molecule has 1 unspecified atom stereocenters. The van der Waals surface area contributed by atoms with Crippen molar-refractivity contribution in [1.29, 1.82) is 0 Å². The molecule has 7 heteroatoms. The average molecular weight is 361 g/mol. The van der Waals surface area contributed by atoms with E-state index in [2.05, 4.69) is 5.32 Å². The van der Waals surface area contributed by atoms with Crippen molar-refractivity contribution in [2.24, 2.45) is 0 Å². The molecule has 1 atom stereocenters. The van der Waals surface area contributed by atoms with Gasteiger partial charge in [-0.1, -0.05) is 35.3 Å². The van der Waals surface area contributed by atoms with Crippen molar-refractivity contribution >= 4 is 40.4 Å². The maximum Gasteiger partial charge on any atom is 0.253 e. The number of nitrogens with one attached hydrogen (secondary N) is 1. The normalized spacial score (nSPS) is 12.5. The molecule has 0 bridgehead atoms. The van der Waals surface area contributed by atoms with E-state index in [9.17, 15) is 9.18 Å². The molecule has 2 aromatic rings. The van der Waals surface area contributed by atoms with Crippen LogP contribution in [0.5, 0.6) is 0 Å². The molecule has 1 N–H and O–H groups in total. The Kier molecular flexibility index (Phi) is 5.81. The van der Waals surface area contributed by atoms with E-state index in [1.807, 2.05) is 19.0 Å². The summed E-state index contributed by atoms with van der Waals surface area (Å²) in [5, 5.41) is 2.84. The summed E-state index contributed by atoms with van der Waals surface area (Å²) < 4.78 is 13.9. The predicted molar refractivity (Wildman–Crippen MR) is 89.5 cm³/mol. The Labute approximate surface area is 142 Å². The third kappa shape index (κ3) is 4.20. The summed E-state index contributed by atoms with van der Waals surface area (Å²) in [5.74, 6) is -0.563. The van der Waals surface area contributed by atoms with Gasteiger partial charge in [0.2, 0.25) is 0 Å². The lowest BCUT2D eigenvalue weighted by Crippen LogP contribution is -2.34. The number of likely N-dealkylation sites (N-methyl/N-ethyl adjacent to an activating group) is 1. The highest BCUT2D eigenvalue weighted by Crippen LogP contribution is 2.31. The molecule has 0 aliphatic heterocycles. The zero-order chi connectivity index (χ0) is 16.3. The van der Waals surface area contributed by atoms with Crippen LogP contribution in [0.15, 0.2) is 30.3 Å². The van der Waals surface area contributed by atoms with E-state index in [0.717, 1.165) is 16.9 Å². The summed E-state index contributed by atoms with van der Waals surface area (Å²) in [5.41, 5.74) is 1.29. The molecular formula is C15H15Cl2FN2OS. The number of nitrogens with zero attached hydrogens (tertiary/aromatic N) is 1.